The summed E-state index contributed by atoms with van der Waals surface area (Å²) in [6.07, 6.45) is 2.87. The van der Waals surface area contributed by atoms with E-state index in [1.165, 1.54) is 25.9 Å². The standard InChI is InChI=1S/C11H21NO2/c1-11(7-13-8-11)9-14-10-3-5-12(2)6-4-10/h10H,3-9H2,1-2H3. The van der Waals surface area contributed by atoms with Crippen LogP contribution in [-0.4, -0.2) is 51.0 Å². The minimum atomic E-state index is 0.309. The first-order valence-corrected chi connectivity index (χ1v) is 5.56. The number of piperidine rings is 1. The third kappa shape index (κ3) is 2.47. The van der Waals surface area contributed by atoms with Crippen LogP contribution in [0.2, 0.25) is 0 Å². The van der Waals surface area contributed by atoms with Crippen molar-refractivity contribution in [3.05, 3.63) is 0 Å². The Morgan fingerprint density at radius 2 is 2.00 bits per heavy atom. The number of nitrogens with zero attached hydrogens (tertiary/aromatic N) is 1. The lowest BCUT2D eigenvalue weighted by Gasteiger charge is -2.39. The van der Waals surface area contributed by atoms with Crippen LogP contribution in [0, 0.1) is 5.41 Å². The molecule has 0 radical (unpaired) electrons. The monoisotopic (exact) mass is 199 g/mol. The highest BCUT2D eigenvalue weighted by Gasteiger charge is 2.34. The summed E-state index contributed by atoms with van der Waals surface area (Å²) in [6.45, 7) is 7.22. The second kappa shape index (κ2) is 4.17. The molecule has 0 N–H and O–H groups in total. The number of hydrogen-bond donors (Lipinski definition) is 0. The van der Waals surface area contributed by atoms with Gasteiger partial charge >= 0.3 is 0 Å². The molecule has 3 nitrogen and oxygen atoms in total. The van der Waals surface area contributed by atoms with E-state index in [-0.39, 0.29) is 0 Å². The Morgan fingerprint density at radius 1 is 1.36 bits per heavy atom. The number of ether oxygens (including phenoxy) is 2. The lowest BCUT2D eigenvalue weighted by Crippen LogP contribution is -2.45. The highest BCUT2D eigenvalue weighted by atomic mass is 16.5. The first-order chi connectivity index (χ1) is 6.68. The van der Waals surface area contributed by atoms with Gasteiger partial charge in [-0.25, -0.2) is 0 Å². The van der Waals surface area contributed by atoms with Crippen molar-refractivity contribution in [2.24, 2.45) is 5.41 Å². The van der Waals surface area contributed by atoms with E-state index in [4.69, 9.17) is 9.47 Å². The van der Waals surface area contributed by atoms with E-state index in [2.05, 4.69) is 18.9 Å². The molecular formula is C11H21NO2. The van der Waals surface area contributed by atoms with Crippen LogP contribution >= 0.6 is 0 Å². The summed E-state index contributed by atoms with van der Waals surface area (Å²) in [5.74, 6) is 0. The molecule has 0 saturated carbocycles. The van der Waals surface area contributed by atoms with E-state index < -0.39 is 0 Å². The quantitative estimate of drug-likeness (QED) is 0.680. The predicted molar refractivity (Wildman–Crippen MR) is 55.4 cm³/mol. The fraction of sp³-hybridized carbons (Fsp3) is 1.00. The van der Waals surface area contributed by atoms with Crippen LogP contribution < -0.4 is 0 Å². The van der Waals surface area contributed by atoms with Crippen molar-refractivity contribution in [1.29, 1.82) is 0 Å². The molecule has 0 atom stereocenters. The molecule has 0 spiro atoms. The number of rotatable bonds is 3. The molecule has 2 fully saturated rings. The summed E-state index contributed by atoms with van der Waals surface area (Å²) in [5.41, 5.74) is 0.309. The number of likely N-dealkylation sites (tertiary alicyclic amines) is 1. The fourth-order valence-corrected chi connectivity index (χ4v) is 2.00. The van der Waals surface area contributed by atoms with Gasteiger partial charge in [-0.15, -0.1) is 0 Å². The van der Waals surface area contributed by atoms with Crippen LogP contribution in [0.4, 0.5) is 0 Å². The van der Waals surface area contributed by atoms with Crippen molar-refractivity contribution in [2.75, 3.05) is 40.0 Å². The van der Waals surface area contributed by atoms with Crippen molar-refractivity contribution in [3.8, 4) is 0 Å². The van der Waals surface area contributed by atoms with Crippen molar-refractivity contribution < 1.29 is 9.47 Å². The van der Waals surface area contributed by atoms with Gasteiger partial charge in [0, 0.05) is 18.5 Å². The molecule has 2 rings (SSSR count). The lowest BCUT2D eigenvalue weighted by molar-refractivity contribution is -0.152. The molecule has 0 aromatic rings. The Balaban J connectivity index is 1.65. The summed E-state index contributed by atoms with van der Waals surface area (Å²) in [7, 11) is 2.18. The van der Waals surface area contributed by atoms with Crippen LogP contribution in [0.1, 0.15) is 19.8 Å². The lowest BCUT2D eigenvalue weighted by atomic mass is 9.90. The molecule has 0 aromatic carbocycles. The SMILES string of the molecule is CN1CCC(OCC2(C)COC2)CC1. The third-order valence-corrected chi connectivity index (χ3v) is 3.23. The van der Waals surface area contributed by atoms with Gasteiger partial charge in [0.15, 0.2) is 0 Å². The van der Waals surface area contributed by atoms with Gasteiger partial charge < -0.3 is 14.4 Å². The molecule has 82 valence electrons. The van der Waals surface area contributed by atoms with E-state index in [0.29, 0.717) is 11.5 Å². The Labute approximate surface area is 86.4 Å². The Bertz CT molecular complexity index is 184. The average molecular weight is 199 g/mol. The van der Waals surface area contributed by atoms with Gasteiger partial charge in [-0.3, -0.25) is 0 Å². The van der Waals surface area contributed by atoms with E-state index in [1.807, 2.05) is 0 Å². The van der Waals surface area contributed by atoms with Crippen LogP contribution in [-0.2, 0) is 9.47 Å². The first-order valence-electron chi connectivity index (χ1n) is 5.56. The topological polar surface area (TPSA) is 21.7 Å². The Morgan fingerprint density at radius 3 is 2.50 bits per heavy atom. The molecule has 0 amide bonds. The van der Waals surface area contributed by atoms with Crippen molar-refractivity contribution in [3.63, 3.8) is 0 Å². The minimum absolute atomic E-state index is 0.309. The molecule has 2 heterocycles. The van der Waals surface area contributed by atoms with E-state index in [9.17, 15) is 0 Å². The number of hydrogen-bond acceptors (Lipinski definition) is 3. The van der Waals surface area contributed by atoms with Crippen LogP contribution in [0.15, 0.2) is 0 Å². The molecule has 0 aliphatic carbocycles. The van der Waals surface area contributed by atoms with E-state index in [1.54, 1.807) is 0 Å². The Kier molecular flexibility index (Phi) is 3.10. The molecular weight excluding hydrogens is 178 g/mol. The van der Waals surface area contributed by atoms with Gasteiger partial charge in [0.2, 0.25) is 0 Å². The summed E-state index contributed by atoms with van der Waals surface area (Å²) < 4.78 is 11.1. The van der Waals surface area contributed by atoms with Crippen molar-refractivity contribution in [1.82, 2.24) is 4.90 Å². The Hall–Kier alpha value is -0.120. The molecule has 2 aliphatic rings. The van der Waals surface area contributed by atoms with Crippen LogP contribution in [0.5, 0.6) is 0 Å². The highest BCUT2D eigenvalue weighted by molar-refractivity contribution is 4.81. The van der Waals surface area contributed by atoms with Crippen LogP contribution in [0.3, 0.4) is 0 Å². The normalized spacial score (nSPS) is 28.7. The fourth-order valence-electron chi connectivity index (χ4n) is 2.00. The maximum atomic E-state index is 5.93. The van der Waals surface area contributed by atoms with E-state index in [0.717, 1.165) is 19.8 Å². The largest absolute Gasteiger partial charge is 0.380 e. The van der Waals surface area contributed by atoms with Crippen molar-refractivity contribution in [2.45, 2.75) is 25.9 Å². The summed E-state index contributed by atoms with van der Waals surface area (Å²) >= 11 is 0. The van der Waals surface area contributed by atoms with Gasteiger partial charge in [-0.1, -0.05) is 6.92 Å². The molecule has 2 saturated heterocycles. The highest BCUT2D eigenvalue weighted by Crippen LogP contribution is 2.28. The maximum absolute atomic E-state index is 5.93. The smallest absolute Gasteiger partial charge is 0.0599 e. The van der Waals surface area contributed by atoms with Crippen molar-refractivity contribution >= 4 is 0 Å². The van der Waals surface area contributed by atoms with Gasteiger partial charge in [-0.2, -0.15) is 0 Å². The zero-order chi connectivity index (χ0) is 10.0. The van der Waals surface area contributed by atoms with Gasteiger partial charge in [0.25, 0.3) is 0 Å². The molecule has 0 unspecified atom stereocenters. The zero-order valence-electron chi connectivity index (χ0n) is 9.29. The van der Waals surface area contributed by atoms with Gasteiger partial charge in [0.05, 0.1) is 25.9 Å². The minimum Gasteiger partial charge on any atom is -0.380 e. The molecule has 3 heteroatoms. The third-order valence-electron chi connectivity index (χ3n) is 3.23. The van der Waals surface area contributed by atoms with Gasteiger partial charge in [-0.05, 0) is 19.9 Å². The zero-order valence-corrected chi connectivity index (χ0v) is 9.29. The first kappa shape index (κ1) is 10.4. The molecule has 0 aromatic heterocycles. The summed E-state index contributed by atoms with van der Waals surface area (Å²) in [4.78, 5) is 2.37. The summed E-state index contributed by atoms with van der Waals surface area (Å²) in [5, 5.41) is 0. The predicted octanol–water partition coefficient (Wildman–Crippen LogP) is 1.13. The molecule has 14 heavy (non-hydrogen) atoms. The van der Waals surface area contributed by atoms with Gasteiger partial charge in [0.1, 0.15) is 0 Å². The maximum Gasteiger partial charge on any atom is 0.0599 e. The molecule has 2 aliphatic heterocycles. The second-order valence-electron chi connectivity index (χ2n) is 5.12. The van der Waals surface area contributed by atoms with E-state index >= 15 is 0 Å². The average Bonchev–Trinajstić information content (AvgIpc) is 2.14. The second-order valence-corrected chi connectivity index (χ2v) is 5.12. The molecule has 0 bridgehead atoms. The summed E-state index contributed by atoms with van der Waals surface area (Å²) in [6, 6.07) is 0. The van der Waals surface area contributed by atoms with Crippen LogP contribution in [0.25, 0.3) is 0 Å².